The SMILES string of the molecule is Cc1cccc(CCOCC(=O)CC23CC(NC(=O)COc4ccc(Cl)c(F)c4)(C2)C3)c1. The Hall–Kier alpha value is -2.44. The molecule has 3 fully saturated rings. The largest absolute Gasteiger partial charge is 0.484 e. The van der Waals surface area contributed by atoms with Crippen LogP contribution in [0.25, 0.3) is 0 Å². The first-order chi connectivity index (χ1) is 15.3. The van der Waals surface area contributed by atoms with Crippen LogP contribution in [0, 0.1) is 18.2 Å². The minimum Gasteiger partial charge on any atom is -0.484 e. The summed E-state index contributed by atoms with van der Waals surface area (Å²) in [4.78, 5) is 24.5. The van der Waals surface area contributed by atoms with Gasteiger partial charge in [-0.25, -0.2) is 4.39 Å². The topological polar surface area (TPSA) is 64.6 Å². The van der Waals surface area contributed by atoms with Gasteiger partial charge in [0.2, 0.25) is 0 Å². The van der Waals surface area contributed by atoms with Crippen molar-refractivity contribution in [3.05, 3.63) is 64.4 Å². The summed E-state index contributed by atoms with van der Waals surface area (Å²) in [5.41, 5.74) is 2.20. The van der Waals surface area contributed by atoms with Crippen LogP contribution in [0.1, 0.15) is 36.8 Å². The normalized spacial score (nSPS) is 23.1. The number of carbonyl (C=O) groups excluding carboxylic acids is 2. The number of ether oxygens (including phenoxy) is 2. The summed E-state index contributed by atoms with van der Waals surface area (Å²) in [5.74, 6) is -0.472. The van der Waals surface area contributed by atoms with Gasteiger partial charge in [0.05, 0.1) is 11.6 Å². The molecule has 3 aliphatic rings. The lowest BCUT2D eigenvalue weighted by Crippen LogP contribution is -2.75. The van der Waals surface area contributed by atoms with E-state index >= 15 is 0 Å². The lowest BCUT2D eigenvalue weighted by Gasteiger charge is -2.70. The first kappa shape index (κ1) is 22.7. The molecule has 0 spiro atoms. The Labute approximate surface area is 192 Å². The zero-order chi connectivity index (χ0) is 22.8. The molecule has 0 aliphatic heterocycles. The van der Waals surface area contributed by atoms with E-state index in [0.717, 1.165) is 31.7 Å². The summed E-state index contributed by atoms with van der Waals surface area (Å²) >= 11 is 5.64. The zero-order valence-electron chi connectivity index (χ0n) is 18.1. The van der Waals surface area contributed by atoms with Gasteiger partial charge in [0, 0.05) is 18.0 Å². The third-order valence-corrected chi connectivity index (χ3v) is 6.57. The standard InChI is InChI=1S/C25H27ClFNO4/c1-17-3-2-4-18(9-17)7-8-31-12-19(29)11-24-14-25(15-24,16-24)28-23(30)13-32-20-5-6-21(26)22(27)10-20/h2-6,9-10H,7-8,11-16H2,1H3,(H,28,30). The smallest absolute Gasteiger partial charge is 0.258 e. The third-order valence-electron chi connectivity index (χ3n) is 6.26. The first-order valence-corrected chi connectivity index (χ1v) is 11.2. The fourth-order valence-corrected chi connectivity index (χ4v) is 5.20. The van der Waals surface area contributed by atoms with Gasteiger partial charge in [0.25, 0.3) is 5.91 Å². The number of hydrogen-bond acceptors (Lipinski definition) is 4. The second kappa shape index (κ2) is 9.20. The van der Waals surface area contributed by atoms with E-state index in [0.29, 0.717) is 13.0 Å². The Morgan fingerprint density at radius 3 is 2.62 bits per heavy atom. The molecule has 2 aromatic rings. The van der Waals surface area contributed by atoms with Crippen LogP contribution in [0.15, 0.2) is 42.5 Å². The van der Waals surface area contributed by atoms with E-state index in [4.69, 9.17) is 21.1 Å². The molecule has 0 aromatic heterocycles. The number of amides is 1. The molecule has 32 heavy (non-hydrogen) atoms. The number of ketones is 1. The Kier molecular flexibility index (Phi) is 6.54. The summed E-state index contributed by atoms with van der Waals surface area (Å²) in [6.45, 7) is 2.53. The van der Waals surface area contributed by atoms with Gasteiger partial charge < -0.3 is 14.8 Å². The summed E-state index contributed by atoms with van der Waals surface area (Å²) in [6.07, 6.45) is 3.69. The predicted octanol–water partition coefficient (Wildman–Crippen LogP) is 4.42. The molecule has 1 amide bonds. The van der Waals surface area contributed by atoms with Gasteiger partial charge in [-0.15, -0.1) is 0 Å². The molecule has 7 heteroatoms. The summed E-state index contributed by atoms with van der Waals surface area (Å²) in [7, 11) is 0. The maximum Gasteiger partial charge on any atom is 0.258 e. The Balaban J connectivity index is 1.11. The molecule has 3 saturated carbocycles. The van der Waals surface area contributed by atoms with E-state index in [-0.39, 0.29) is 46.6 Å². The highest BCUT2D eigenvalue weighted by molar-refractivity contribution is 6.30. The minimum atomic E-state index is -0.588. The summed E-state index contributed by atoms with van der Waals surface area (Å²) in [6, 6.07) is 12.3. The van der Waals surface area contributed by atoms with Gasteiger partial charge in [-0.1, -0.05) is 41.4 Å². The molecular weight excluding hydrogens is 433 g/mol. The lowest BCUT2D eigenvalue weighted by atomic mass is 9.38. The van der Waals surface area contributed by atoms with Crippen LogP contribution in [0.4, 0.5) is 4.39 Å². The zero-order valence-corrected chi connectivity index (χ0v) is 18.8. The van der Waals surface area contributed by atoms with E-state index < -0.39 is 5.82 Å². The number of hydrogen-bond donors (Lipinski definition) is 1. The number of benzene rings is 2. The van der Waals surface area contributed by atoms with Crippen molar-refractivity contribution < 1.29 is 23.5 Å². The monoisotopic (exact) mass is 459 g/mol. The molecule has 170 valence electrons. The molecule has 5 nitrogen and oxygen atoms in total. The number of rotatable bonds is 11. The highest BCUT2D eigenvalue weighted by Gasteiger charge is 2.68. The lowest BCUT2D eigenvalue weighted by molar-refractivity contribution is -0.174. The van der Waals surface area contributed by atoms with Crippen LogP contribution in [-0.2, 0) is 20.7 Å². The molecule has 0 heterocycles. The number of Topliss-reactive ketones (excluding diaryl/α,β-unsaturated/α-hetero) is 1. The molecule has 0 saturated heterocycles. The third kappa shape index (κ3) is 5.30. The van der Waals surface area contributed by atoms with Crippen LogP contribution in [0.5, 0.6) is 5.75 Å². The fraction of sp³-hybridized carbons (Fsp3) is 0.440. The van der Waals surface area contributed by atoms with Gasteiger partial charge >= 0.3 is 0 Å². The van der Waals surface area contributed by atoms with Crippen molar-refractivity contribution in [3.8, 4) is 5.75 Å². The number of carbonyl (C=O) groups is 2. The van der Waals surface area contributed by atoms with Crippen molar-refractivity contribution in [1.29, 1.82) is 0 Å². The van der Waals surface area contributed by atoms with Gasteiger partial charge in [0.15, 0.2) is 12.4 Å². The first-order valence-electron chi connectivity index (χ1n) is 10.8. The molecule has 0 atom stereocenters. The molecular formula is C25H27ClFNO4. The molecule has 1 N–H and O–H groups in total. The molecule has 0 unspecified atom stereocenters. The average molecular weight is 460 g/mol. The van der Waals surface area contributed by atoms with E-state index in [1.165, 1.54) is 23.3 Å². The van der Waals surface area contributed by atoms with Crippen LogP contribution < -0.4 is 10.1 Å². The van der Waals surface area contributed by atoms with Crippen LogP contribution in [0.3, 0.4) is 0 Å². The average Bonchev–Trinajstić information content (AvgIpc) is 2.70. The van der Waals surface area contributed by atoms with Crippen LogP contribution in [-0.4, -0.2) is 37.0 Å². The van der Waals surface area contributed by atoms with Crippen LogP contribution in [0.2, 0.25) is 5.02 Å². The molecule has 3 aliphatic carbocycles. The number of aryl methyl sites for hydroxylation is 1. The quantitative estimate of drug-likeness (QED) is 0.505. The molecule has 2 bridgehead atoms. The highest BCUT2D eigenvalue weighted by Crippen LogP contribution is 2.68. The summed E-state index contributed by atoms with van der Waals surface area (Å²) < 4.78 is 24.3. The van der Waals surface area contributed by atoms with E-state index in [2.05, 4.69) is 30.4 Å². The molecule has 0 radical (unpaired) electrons. The van der Waals surface area contributed by atoms with Crippen molar-refractivity contribution in [3.63, 3.8) is 0 Å². The highest BCUT2D eigenvalue weighted by atomic mass is 35.5. The minimum absolute atomic E-state index is 0.00440. The Bertz CT molecular complexity index is 1000. The van der Waals surface area contributed by atoms with Gasteiger partial charge in [-0.05, 0) is 55.7 Å². The fourth-order valence-electron chi connectivity index (χ4n) is 5.08. The molecule has 2 aromatic carbocycles. The number of halogens is 2. The second-order valence-electron chi connectivity index (χ2n) is 9.23. The Morgan fingerprint density at radius 1 is 1.12 bits per heavy atom. The van der Waals surface area contributed by atoms with Crippen LogP contribution >= 0.6 is 11.6 Å². The van der Waals surface area contributed by atoms with E-state index in [1.807, 2.05) is 6.07 Å². The van der Waals surface area contributed by atoms with Crippen molar-refractivity contribution in [2.45, 2.75) is 44.6 Å². The maximum absolute atomic E-state index is 13.4. The second-order valence-corrected chi connectivity index (χ2v) is 9.64. The Morgan fingerprint density at radius 2 is 1.91 bits per heavy atom. The van der Waals surface area contributed by atoms with Gasteiger partial charge in [0.1, 0.15) is 18.2 Å². The maximum atomic E-state index is 13.4. The predicted molar refractivity (Wildman–Crippen MR) is 119 cm³/mol. The van der Waals surface area contributed by atoms with E-state index in [9.17, 15) is 14.0 Å². The van der Waals surface area contributed by atoms with Crippen molar-refractivity contribution in [2.24, 2.45) is 5.41 Å². The molecule has 5 rings (SSSR count). The van der Waals surface area contributed by atoms with Crippen molar-refractivity contribution in [1.82, 2.24) is 5.32 Å². The van der Waals surface area contributed by atoms with E-state index in [1.54, 1.807) is 0 Å². The summed E-state index contributed by atoms with van der Waals surface area (Å²) in [5, 5.41) is 3.01. The van der Waals surface area contributed by atoms with Gasteiger partial charge in [-0.2, -0.15) is 0 Å². The van der Waals surface area contributed by atoms with Crippen molar-refractivity contribution >= 4 is 23.3 Å². The number of nitrogens with one attached hydrogen (secondary N) is 1. The van der Waals surface area contributed by atoms with Gasteiger partial charge in [-0.3, -0.25) is 9.59 Å². The van der Waals surface area contributed by atoms with Crippen molar-refractivity contribution in [2.75, 3.05) is 19.8 Å².